The molecule has 0 unspecified atom stereocenters. The van der Waals surface area contributed by atoms with Crippen molar-refractivity contribution >= 4 is 0 Å². The topological polar surface area (TPSA) is 168 Å². The number of aromatic nitrogens is 2. The average molecular weight is 503 g/mol. The van der Waals surface area contributed by atoms with Crippen LogP contribution in [0.5, 0.6) is 0 Å². The Morgan fingerprint density at radius 1 is 1.14 bits per heavy atom. The van der Waals surface area contributed by atoms with E-state index in [1.807, 2.05) is 4.98 Å². The minimum atomic E-state index is -3.19. The van der Waals surface area contributed by atoms with Gasteiger partial charge < -0.3 is 30.4 Å². The predicted molar refractivity (Wildman–Crippen MR) is 122 cm³/mol. The maximum Gasteiger partial charge on any atom is 0.332 e. The largest absolute Gasteiger partial charge is 0.394 e. The molecule has 0 aliphatic carbocycles. The molecule has 11 nitrogen and oxygen atoms in total. The van der Waals surface area contributed by atoms with Gasteiger partial charge in [-0.3, -0.25) is 9.78 Å². The van der Waals surface area contributed by atoms with E-state index in [4.69, 9.17) is 4.74 Å². The van der Waals surface area contributed by atoms with Crippen LogP contribution in [-0.4, -0.2) is 64.8 Å². The van der Waals surface area contributed by atoms with Crippen LogP contribution < -0.4 is 11.2 Å². The van der Waals surface area contributed by atoms with E-state index in [9.17, 15) is 39.6 Å². The van der Waals surface area contributed by atoms with Crippen LogP contribution in [0.4, 0.5) is 4.39 Å². The first-order valence-electron chi connectivity index (χ1n) is 11.0. The number of aliphatic hydroxyl groups excluding tert-OH is 2. The highest BCUT2D eigenvalue weighted by atomic mass is 19.1. The minimum Gasteiger partial charge on any atom is -0.394 e. The van der Waals surface area contributed by atoms with Crippen molar-refractivity contribution in [2.24, 2.45) is 0 Å². The Hall–Kier alpha value is -3.23. The molecule has 192 valence electrons. The fraction of sp³-hybridized carbons (Fsp3) is 0.333. The van der Waals surface area contributed by atoms with Gasteiger partial charge in [0.2, 0.25) is 5.72 Å². The second-order valence-corrected chi connectivity index (χ2v) is 8.72. The molecular formula is C24H26FN3O8. The zero-order valence-electron chi connectivity index (χ0n) is 19.2. The van der Waals surface area contributed by atoms with Gasteiger partial charge in [0.1, 0.15) is 18.0 Å². The van der Waals surface area contributed by atoms with Crippen LogP contribution in [0.2, 0.25) is 0 Å². The first kappa shape index (κ1) is 25.9. The molecule has 6 N–H and O–H groups in total. The zero-order chi connectivity index (χ0) is 26.3. The molecule has 1 aromatic heterocycles. The van der Waals surface area contributed by atoms with E-state index in [0.29, 0.717) is 10.1 Å². The van der Waals surface area contributed by atoms with Crippen molar-refractivity contribution < 1.29 is 34.8 Å². The highest BCUT2D eigenvalue weighted by Gasteiger charge is 2.70. The van der Waals surface area contributed by atoms with Gasteiger partial charge in [0.05, 0.1) is 13.2 Å². The monoisotopic (exact) mass is 503 g/mol. The molecular weight excluding hydrogens is 477 g/mol. The Labute approximate surface area is 203 Å². The standard InChI is InChI=1S/C24H26FN3O8/c1-14-5-4-6-15(9-14)11-28(35)23(33)20(30)19(13-29)36-24(23,34)27-12-17(21(31)26-22(27)32)10-16-7-2-3-8-18(16)25/h2-9,12,19-20,29-30,33-35H,10-11,13H2,1H3,(H,26,31,32)/t19-,20-,23-,24-/m1/s1. The van der Waals surface area contributed by atoms with Crippen molar-refractivity contribution in [3.63, 3.8) is 0 Å². The second kappa shape index (κ2) is 9.67. The Balaban J connectivity index is 1.81. The van der Waals surface area contributed by atoms with Gasteiger partial charge in [-0.05, 0) is 24.1 Å². The number of benzene rings is 2. The number of nitrogens with zero attached hydrogens (tertiary/aromatic N) is 2. The van der Waals surface area contributed by atoms with Gasteiger partial charge in [-0.25, -0.2) is 13.8 Å². The van der Waals surface area contributed by atoms with Gasteiger partial charge in [0.15, 0.2) is 0 Å². The quantitative estimate of drug-likeness (QED) is 0.184. The fourth-order valence-corrected chi connectivity index (χ4v) is 4.32. The van der Waals surface area contributed by atoms with Gasteiger partial charge in [-0.2, -0.15) is 0 Å². The molecule has 0 saturated carbocycles. The number of aryl methyl sites for hydroxylation is 1. The van der Waals surface area contributed by atoms with Gasteiger partial charge in [0.25, 0.3) is 5.56 Å². The van der Waals surface area contributed by atoms with E-state index in [1.165, 1.54) is 18.2 Å². The lowest BCUT2D eigenvalue weighted by molar-refractivity contribution is -0.413. The van der Waals surface area contributed by atoms with E-state index < -0.39 is 54.1 Å². The van der Waals surface area contributed by atoms with E-state index in [2.05, 4.69) is 0 Å². The Morgan fingerprint density at radius 2 is 1.86 bits per heavy atom. The first-order valence-corrected chi connectivity index (χ1v) is 11.0. The number of nitrogens with one attached hydrogen (secondary N) is 1. The molecule has 3 aromatic rings. The third-order valence-corrected chi connectivity index (χ3v) is 6.23. The maximum atomic E-state index is 14.2. The molecule has 1 aliphatic heterocycles. The van der Waals surface area contributed by atoms with Crippen LogP contribution in [-0.2, 0) is 23.6 Å². The number of aliphatic hydroxyl groups is 4. The maximum absolute atomic E-state index is 14.2. The molecule has 0 spiro atoms. The van der Waals surface area contributed by atoms with Crippen LogP contribution in [0, 0.1) is 12.7 Å². The molecule has 1 saturated heterocycles. The number of hydrogen-bond acceptors (Lipinski definition) is 9. The third-order valence-electron chi connectivity index (χ3n) is 6.23. The van der Waals surface area contributed by atoms with Crippen LogP contribution in [0.25, 0.3) is 0 Å². The van der Waals surface area contributed by atoms with Gasteiger partial charge >= 0.3 is 11.6 Å². The van der Waals surface area contributed by atoms with Crippen molar-refractivity contribution in [3.8, 4) is 0 Å². The molecule has 0 amide bonds. The number of aromatic amines is 1. The van der Waals surface area contributed by atoms with Crippen molar-refractivity contribution in [1.82, 2.24) is 14.6 Å². The van der Waals surface area contributed by atoms with Crippen molar-refractivity contribution in [2.45, 2.75) is 43.7 Å². The van der Waals surface area contributed by atoms with E-state index in [1.54, 1.807) is 37.3 Å². The van der Waals surface area contributed by atoms with Crippen molar-refractivity contribution in [1.29, 1.82) is 0 Å². The molecule has 1 aliphatic rings. The zero-order valence-corrected chi connectivity index (χ0v) is 19.2. The average Bonchev–Trinajstić information content (AvgIpc) is 3.04. The van der Waals surface area contributed by atoms with Gasteiger partial charge in [0, 0.05) is 18.2 Å². The molecule has 2 aromatic carbocycles. The molecule has 12 heteroatoms. The molecule has 4 atom stereocenters. The molecule has 4 rings (SSSR count). The summed E-state index contributed by atoms with van der Waals surface area (Å²) < 4.78 is 19.9. The van der Waals surface area contributed by atoms with Crippen molar-refractivity contribution in [2.75, 3.05) is 6.61 Å². The summed E-state index contributed by atoms with van der Waals surface area (Å²) in [6, 6.07) is 12.4. The smallest absolute Gasteiger partial charge is 0.332 e. The highest BCUT2D eigenvalue weighted by Crippen LogP contribution is 2.43. The summed E-state index contributed by atoms with van der Waals surface area (Å²) >= 11 is 0. The SMILES string of the molecule is Cc1cccc(CN(O)[C@@]2(O)[C@H](O)[C@@H](CO)O[C@@]2(O)n2cc(Cc3ccccc3F)c(=O)[nH]c2=O)c1. The Bertz CT molecular complexity index is 1380. The molecule has 2 heterocycles. The third kappa shape index (κ3) is 4.29. The summed E-state index contributed by atoms with van der Waals surface area (Å²) in [6.07, 6.45) is -3.21. The number of halogens is 1. The summed E-state index contributed by atoms with van der Waals surface area (Å²) in [7, 11) is 0. The number of rotatable bonds is 7. The molecule has 36 heavy (non-hydrogen) atoms. The van der Waals surface area contributed by atoms with Crippen LogP contribution in [0.3, 0.4) is 0 Å². The highest BCUT2D eigenvalue weighted by molar-refractivity contribution is 5.25. The van der Waals surface area contributed by atoms with E-state index in [0.717, 1.165) is 11.8 Å². The van der Waals surface area contributed by atoms with E-state index >= 15 is 0 Å². The van der Waals surface area contributed by atoms with Crippen LogP contribution >= 0.6 is 0 Å². The lowest BCUT2D eigenvalue weighted by atomic mass is 9.99. The number of hydrogen-bond donors (Lipinski definition) is 6. The normalized spacial score (nSPS) is 26.0. The lowest BCUT2D eigenvalue weighted by Crippen LogP contribution is -2.68. The van der Waals surface area contributed by atoms with Crippen molar-refractivity contribution in [3.05, 3.63) is 104 Å². The van der Waals surface area contributed by atoms with Gasteiger partial charge in [-0.15, -0.1) is 5.06 Å². The fourth-order valence-electron chi connectivity index (χ4n) is 4.32. The summed E-state index contributed by atoms with van der Waals surface area (Å²) in [5, 5.41) is 54.5. The van der Waals surface area contributed by atoms with Crippen LogP contribution in [0.15, 0.2) is 64.3 Å². The Morgan fingerprint density at radius 3 is 2.53 bits per heavy atom. The summed E-state index contributed by atoms with van der Waals surface area (Å²) in [6.45, 7) is 0.464. The van der Waals surface area contributed by atoms with Gasteiger partial charge in [-0.1, -0.05) is 48.0 Å². The number of H-pyrrole nitrogens is 1. The summed E-state index contributed by atoms with van der Waals surface area (Å²) in [5.74, 6) is -3.80. The molecule has 0 bridgehead atoms. The number of ether oxygens (including phenoxy) is 1. The summed E-state index contributed by atoms with van der Waals surface area (Å²) in [5.41, 5.74) is -4.02. The second-order valence-electron chi connectivity index (χ2n) is 8.72. The summed E-state index contributed by atoms with van der Waals surface area (Å²) in [4.78, 5) is 27.2. The lowest BCUT2D eigenvalue weighted by Gasteiger charge is -2.42. The molecule has 1 fully saturated rings. The minimum absolute atomic E-state index is 0.110. The molecule has 0 radical (unpaired) electrons. The first-order chi connectivity index (χ1) is 17.0. The van der Waals surface area contributed by atoms with E-state index in [-0.39, 0.29) is 22.6 Å². The predicted octanol–water partition coefficient (Wildman–Crippen LogP) is -0.490. The number of hydroxylamine groups is 2. The van der Waals surface area contributed by atoms with Crippen LogP contribution in [0.1, 0.15) is 22.3 Å². The Kier molecular flexibility index (Phi) is 6.94.